The molecular weight excluding hydrogens is 366 g/mol. The van der Waals surface area contributed by atoms with E-state index in [9.17, 15) is 0 Å². The Hall–Kier alpha value is -3.02. The molecule has 0 atom stereocenters. The lowest BCUT2D eigenvalue weighted by molar-refractivity contribution is 0.288. The van der Waals surface area contributed by atoms with Crippen LogP contribution in [0.15, 0.2) is 36.4 Å². The van der Waals surface area contributed by atoms with Gasteiger partial charge in [-0.2, -0.15) is 0 Å². The molecule has 29 heavy (non-hydrogen) atoms. The molecule has 1 aliphatic heterocycles. The number of benzene rings is 2. The van der Waals surface area contributed by atoms with Gasteiger partial charge >= 0.3 is 0 Å². The van der Waals surface area contributed by atoms with Crippen molar-refractivity contribution in [2.75, 3.05) is 21.3 Å². The highest BCUT2D eigenvalue weighted by molar-refractivity contribution is 5.71. The fourth-order valence-corrected chi connectivity index (χ4v) is 4.98. The van der Waals surface area contributed by atoms with Crippen molar-refractivity contribution in [1.29, 1.82) is 0 Å². The first-order valence-corrected chi connectivity index (χ1v) is 10.0. The molecule has 0 N–H and O–H groups in total. The van der Waals surface area contributed by atoms with Crippen LogP contribution in [-0.4, -0.2) is 36.1 Å². The normalized spacial score (nSPS) is 16.4. The molecule has 2 aliphatic rings. The SMILES string of the molecule is COc1ccc(-c2nnc3n2C2(CCCC2)Cc2cc(OC)c(OC)cc2-3)cc1. The summed E-state index contributed by atoms with van der Waals surface area (Å²) in [4.78, 5) is 0. The van der Waals surface area contributed by atoms with E-state index < -0.39 is 0 Å². The van der Waals surface area contributed by atoms with Crippen molar-refractivity contribution in [3.05, 3.63) is 42.0 Å². The predicted octanol–water partition coefficient (Wildman–Crippen LogP) is 4.46. The molecule has 5 rings (SSSR count). The Balaban J connectivity index is 1.72. The van der Waals surface area contributed by atoms with Crippen LogP contribution < -0.4 is 14.2 Å². The number of aromatic nitrogens is 3. The Morgan fingerprint density at radius 2 is 1.48 bits per heavy atom. The second-order valence-corrected chi connectivity index (χ2v) is 7.88. The first-order chi connectivity index (χ1) is 14.2. The van der Waals surface area contributed by atoms with E-state index in [0.717, 1.165) is 53.5 Å². The molecule has 2 aromatic carbocycles. The minimum atomic E-state index is 0.0146. The van der Waals surface area contributed by atoms with Gasteiger partial charge < -0.3 is 18.8 Å². The van der Waals surface area contributed by atoms with Crippen LogP contribution in [0.2, 0.25) is 0 Å². The first-order valence-electron chi connectivity index (χ1n) is 10.0. The average Bonchev–Trinajstić information content (AvgIpc) is 3.41. The van der Waals surface area contributed by atoms with Gasteiger partial charge in [-0.05, 0) is 61.2 Å². The Bertz CT molecular complexity index is 1050. The van der Waals surface area contributed by atoms with Crippen LogP contribution in [0, 0.1) is 0 Å². The summed E-state index contributed by atoms with van der Waals surface area (Å²) in [5.41, 5.74) is 3.40. The van der Waals surface area contributed by atoms with Gasteiger partial charge in [0.25, 0.3) is 0 Å². The topological polar surface area (TPSA) is 58.4 Å². The number of ether oxygens (including phenoxy) is 3. The third kappa shape index (κ3) is 2.69. The molecule has 0 amide bonds. The highest BCUT2D eigenvalue weighted by Crippen LogP contribution is 2.50. The van der Waals surface area contributed by atoms with E-state index in [2.05, 4.69) is 33.0 Å². The number of rotatable bonds is 4. The van der Waals surface area contributed by atoms with Crippen molar-refractivity contribution in [3.63, 3.8) is 0 Å². The standard InChI is InChI=1S/C23H25N3O3/c1-27-17-8-6-15(7-9-17)21-24-25-22-18-13-20(29-3)19(28-2)12-16(18)14-23(26(21)22)10-4-5-11-23/h6-9,12-13H,4-5,10-11,14H2,1-3H3. The fraction of sp³-hybridized carbons (Fsp3) is 0.391. The summed E-state index contributed by atoms with van der Waals surface area (Å²) in [6, 6.07) is 12.2. The van der Waals surface area contributed by atoms with Crippen LogP contribution in [0.5, 0.6) is 17.2 Å². The molecule has 150 valence electrons. The second-order valence-electron chi connectivity index (χ2n) is 7.88. The summed E-state index contributed by atoms with van der Waals surface area (Å²) >= 11 is 0. The van der Waals surface area contributed by atoms with Gasteiger partial charge in [-0.1, -0.05) is 12.8 Å². The zero-order valence-electron chi connectivity index (χ0n) is 17.1. The maximum atomic E-state index is 5.56. The molecule has 0 unspecified atom stereocenters. The zero-order valence-corrected chi connectivity index (χ0v) is 17.1. The van der Waals surface area contributed by atoms with Crippen LogP contribution >= 0.6 is 0 Å². The molecule has 0 radical (unpaired) electrons. The molecule has 6 heteroatoms. The molecule has 1 spiro atoms. The molecule has 1 aromatic heterocycles. The fourth-order valence-electron chi connectivity index (χ4n) is 4.98. The zero-order chi connectivity index (χ0) is 20.0. The highest BCUT2D eigenvalue weighted by atomic mass is 16.5. The van der Waals surface area contributed by atoms with Gasteiger partial charge in [0.15, 0.2) is 23.1 Å². The molecule has 2 heterocycles. The number of hydrogen-bond donors (Lipinski definition) is 0. The molecule has 0 saturated heterocycles. The van der Waals surface area contributed by atoms with Crippen molar-refractivity contribution in [2.24, 2.45) is 0 Å². The van der Waals surface area contributed by atoms with E-state index >= 15 is 0 Å². The van der Waals surface area contributed by atoms with Crippen LogP contribution in [0.1, 0.15) is 31.2 Å². The monoisotopic (exact) mass is 391 g/mol. The predicted molar refractivity (Wildman–Crippen MR) is 111 cm³/mol. The van der Waals surface area contributed by atoms with Crippen LogP contribution in [0.25, 0.3) is 22.8 Å². The van der Waals surface area contributed by atoms with Gasteiger partial charge in [-0.15, -0.1) is 10.2 Å². The Kier molecular flexibility index (Phi) is 4.23. The van der Waals surface area contributed by atoms with Crippen molar-refractivity contribution in [2.45, 2.75) is 37.6 Å². The van der Waals surface area contributed by atoms with E-state index in [4.69, 9.17) is 14.2 Å². The van der Waals surface area contributed by atoms with E-state index in [1.165, 1.54) is 18.4 Å². The summed E-state index contributed by atoms with van der Waals surface area (Å²) in [5, 5.41) is 9.29. The quantitative estimate of drug-likeness (QED) is 0.657. The van der Waals surface area contributed by atoms with Gasteiger partial charge in [-0.3, -0.25) is 0 Å². The minimum Gasteiger partial charge on any atom is -0.497 e. The average molecular weight is 391 g/mol. The Labute approximate surface area is 170 Å². The largest absolute Gasteiger partial charge is 0.497 e. The smallest absolute Gasteiger partial charge is 0.165 e. The first kappa shape index (κ1) is 18.0. The van der Waals surface area contributed by atoms with Gasteiger partial charge in [0.05, 0.1) is 26.9 Å². The summed E-state index contributed by atoms with van der Waals surface area (Å²) in [5.74, 6) is 4.16. The van der Waals surface area contributed by atoms with Gasteiger partial charge in [0.2, 0.25) is 0 Å². The molecule has 6 nitrogen and oxygen atoms in total. The lowest BCUT2D eigenvalue weighted by Crippen LogP contribution is -2.37. The van der Waals surface area contributed by atoms with Gasteiger partial charge in [-0.25, -0.2) is 0 Å². The molecule has 3 aromatic rings. The van der Waals surface area contributed by atoms with Crippen molar-refractivity contribution in [3.8, 4) is 40.0 Å². The van der Waals surface area contributed by atoms with E-state index in [-0.39, 0.29) is 5.54 Å². The van der Waals surface area contributed by atoms with Crippen molar-refractivity contribution < 1.29 is 14.2 Å². The molecule has 1 aliphatic carbocycles. The summed E-state index contributed by atoms with van der Waals surface area (Å²) < 4.78 is 18.8. The minimum absolute atomic E-state index is 0.0146. The van der Waals surface area contributed by atoms with Crippen LogP contribution in [0.4, 0.5) is 0 Å². The summed E-state index contributed by atoms with van der Waals surface area (Å²) in [7, 11) is 5.03. The number of nitrogens with zero attached hydrogens (tertiary/aromatic N) is 3. The lowest BCUT2D eigenvalue weighted by Gasteiger charge is -2.38. The maximum absolute atomic E-state index is 5.56. The van der Waals surface area contributed by atoms with Crippen molar-refractivity contribution >= 4 is 0 Å². The van der Waals surface area contributed by atoms with Gasteiger partial charge in [0, 0.05) is 11.1 Å². The summed E-state index contributed by atoms with van der Waals surface area (Å²) in [6.45, 7) is 0. The van der Waals surface area contributed by atoms with E-state index in [0.29, 0.717) is 5.75 Å². The Morgan fingerprint density at radius 1 is 0.828 bits per heavy atom. The summed E-state index contributed by atoms with van der Waals surface area (Å²) in [6.07, 6.45) is 5.67. The molecule has 1 saturated carbocycles. The lowest BCUT2D eigenvalue weighted by atomic mass is 9.82. The second kappa shape index (κ2) is 6.79. The number of methoxy groups -OCH3 is 3. The third-order valence-corrected chi connectivity index (χ3v) is 6.39. The van der Waals surface area contributed by atoms with Crippen molar-refractivity contribution in [1.82, 2.24) is 14.8 Å². The highest BCUT2D eigenvalue weighted by Gasteiger charge is 2.44. The maximum Gasteiger partial charge on any atom is 0.165 e. The van der Waals surface area contributed by atoms with E-state index in [1.807, 2.05) is 18.2 Å². The van der Waals surface area contributed by atoms with Crippen LogP contribution in [-0.2, 0) is 12.0 Å². The number of hydrogen-bond acceptors (Lipinski definition) is 5. The molecule has 0 bridgehead atoms. The Morgan fingerprint density at radius 3 is 2.14 bits per heavy atom. The van der Waals surface area contributed by atoms with Crippen LogP contribution in [0.3, 0.4) is 0 Å². The van der Waals surface area contributed by atoms with E-state index in [1.54, 1.807) is 21.3 Å². The molecular formula is C23H25N3O3. The third-order valence-electron chi connectivity index (χ3n) is 6.39. The number of fused-ring (bicyclic) bond motifs is 4. The molecule has 1 fully saturated rings. The van der Waals surface area contributed by atoms with Gasteiger partial charge in [0.1, 0.15) is 5.75 Å².